The maximum Gasteiger partial charge on any atom is 0.404 e. The molecule has 0 spiro atoms. The van der Waals surface area contributed by atoms with E-state index >= 15 is 0 Å². The number of hydrogen-bond acceptors (Lipinski definition) is 9. The van der Waals surface area contributed by atoms with Gasteiger partial charge in [0.25, 0.3) is 0 Å². The minimum Gasteiger partial charge on any atom is -0.480 e. The van der Waals surface area contributed by atoms with Gasteiger partial charge in [0.15, 0.2) is 5.72 Å². The van der Waals surface area contributed by atoms with E-state index in [1.165, 1.54) is 21.0 Å². The minimum absolute atomic E-state index is 0.0690. The fraction of sp³-hybridized carbons (Fsp3) is 0.556. The molecule has 5 atom stereocenters. The first kappa shape index (κ1) is 19.4. The molecule has 29 heavy (non-hydrogen) atoms. The SMILES string of the molecule is CO[C@@]12C(COC(N)=O)C3=C(C(=O)C(C)=C(NC(C)C(=O)O)C3=O)N1CC1NC12. The zero-order valence-electron chi connectivity index (χ0n) is 16.1. The number of methoxy groups -OCH3 is 1. The van der Waals surface area contributed by atoms with Gasteiger partial charge in [0.1, 0.15) is 12.6 Å². The van der Waals surface area contributed by atoms with Crippen LogP contribution in [0.2, 0.25) is 0 Å². The number of nitrogens with one attached hydrogen (secondary N) is 2. The van der Waals surface area contributed by atoms with Gasteiger partial charge in [-0.2, -0.15) is 0 Å². The molecule has 1 amide bonds. The third-order valence-corrected chi connectivity index (χ3v) is 6.16. The summed E-state index contributed by atoms with van der Waals surface area (Å²) in [6.45, 7) is 3.08. The summed E-state index contributed by atoms with van der Waals surface area (Å²) in [5, 5.41) is 15.1. The predicted octanol–water partition coefficient (Wildman–Crippen LogP) is -1.55. The maximum atomic E-state index is 13.4. The fourth-order valence-corrected chi connectivity index (χ4v) is 4.74. The van der Waals surface area contributed by atoms with E-state index in [0.29, 0.717) is 6.54 Å². The van der Waals surface area contributed by atoms with Crippen LogP contribution in [0.1, 0.15) is 13.8 Å². The summed E-state index contributed by atoms with van der Waals surface area (Å²) in [5.41, 5.74) is 4.50. The van der Waals surface area contributed by atoms with Crippen molar-refractivity contribution in [1.82, 2.24) is 15.5 Å². The molecular weight excluding hydrogens is 384 g/mol. The van der Waals surface area contributed by atoms with Gasteiger partial charge in [0.2, 0.25) is 11.6 Å². The van der Waals surface area contributed by atoms with Crippen LogP contribution in [0, 0.1) is 5.92 Å². The largest absolute Gasteiger partial charge is 0.480 e. The topological polar surface area (TPSA) is 170 Å². The summed E-state index contributed by atoms with van der Waals surface area (Å²) in [4.78, 5) is 50.9. The van der Waals surface area contributed by atoms with E-state index in [9.17, 15) is 24.3 Å². The molecule has 0 aromatic carbocycles. The number of carboxylic acid groups (broad SMARTS) is 1. The Balaban J connectivity index is 1.78. The quantitative estimate of drug-likeness (QED) is 0.299. The number of primary amides is 1. The zero-order valence-corrected chi connectivity index (χ0v) is 16.1. The number of fused-ring (bicyclic) bond motifs is 4. The van der Waals surface area contributed by atoms with Gasteiger partial charge in [0.05, 0.1) is 23.4 Å². The number of Topliss-reactive ketones (excluding diaryl/α,β-unsaturated/α-hetero) is 2. The summed E-state index contributed by atoms with van der Waals surface area (Å²) in [5.74, 6) is -2.82. The number of nitrogens with zero attached hydrogens (tertiary/aromatic N) is 1. The van der Waals surface area contributed by atoms with Crippen LogP contribution >= 0.6 is 0 Å². The number of amides is 1. The van der Waals surface area contributed by atoms with Crippen LogP contribution < -0.4 is 16.4 Å². The maximum absolute atomic E-state index is 13.4. The molecule has 0 bridgehead atoms. The lowest BCUT2D eigenvalue weighted by molar-refractivity contribution is -0.138. The number of allylic oxidation sites excluding steroid dienone is 2. The Morgan fingerprint density at radius 2 is 2.10 bits per heavy atom. The van der Waals surface area contributed by atoms with Gasteiger partial charge in [-0.1, -0.05) is 0 Å². The molecule has 4 rings (SSSR count). The van der Waals surface area contributed by atoms with Gasteiger partial charge in [0, 0.05) is 30.8 Å². The number of rotatable bonds is 6. The van der Waals surface area contributed by atoms with Crippen molar-refractivity contribution in [1.29, 1.82) is 0 Å². The number of ketones is 2. The van der Waals surface area contributed by atoms with E-state index < -0.39 is 35.5 Å². The summed E-state index contributed by atoms with van der Waals surface area (Å²) < 4.78 is 10.9. The van der Waals surface area contributed by atoms with Crippen LogP contribution in [0.3, 0.4) is 0 Å². The second-order valence-electron chi connectivity index (χ2n) is 7.62. The number of ether oxygens (including phenoxy) is 2. The highest BCUT2D eigenvalue weighted by atomic mass is 16.6. The van der Waals surface area contributed by atoms with Crippen LogP contribution in [-0.4, -0.2) is 77.7 Å². The highest BCUT2D eigenvalue weighted by Crippen LogP contribution is 2.55. The second kappa shape index (κ2) is 6.29. The molecule has 156 valence electrons. The van der Waals surface area contributed by atoms with E-state index in [-0.39, 0.29) is 47.0 Å². The zero-order chi connectivity index (χ0) is 21.2. The third-order valence-electron chi connectivity index (χ3n) is 6.16. The molecule has 11 nitrogen and oxygen atoms in total. The molecule has 11 heteroatoms. The first-order valence-corrected chi connectivity index (χ1v) is 9.20. The van der Waals surface area contributed by atoms with Gasteiger partial charge in [-0.15, -0.1) is 0 Å². The van der Waals surface area contributed by atoms with E-state index in [1.807, 2.05) is 0 Å². The van der Waals surface area contributed by atoms with Gasteiger partial charge >= 0.3 is 12.1 Å². The molecule has 4 aliphatic rings. The van der Waals surface area contributed by atoms with Crippen LogP contribution in [0.5, 0.6) is 0 Å². The fourth-order valence-electron chi connectivity index (χ4n) is 4.74. The van der Waals surface area contributed by atoms with E-state index in [0.717, 1.165) is 0 Å². The van der Waals surface area contributed by atoms with Crippen LogP contribution in [-0.2, 0) is 23.9 Å². The van der Waals surface area contributed by atoms with Crippen LogP contribution in [0.25, 0.3) is 0 Å². The molecule has 5 N–H and O–H groups in total. The number of aliphatic carboxylic acids is 1. The first-order valence-electron chi connectivity index (χ1n) is 9.20. The van der Waals surface area contributed by atoms with Crippen LogP contribution in [0.15, 0.2) is 22.5 Å². The first-order chi connectivity index (χ1) is 13.6. The smallest absolute Gasteiger partial charge is 0.404 e. The van der Waals surface area contributed by atoms with E-state index in [4.69, 9.17) is 15.2 Å². The molecule has 4 unspecified atom stereocenters. The van der Waals surface area contributed by atoms with Crippen molar-refractivity contribution in [3.05, 3.63) is 22.5 Å². The predicted molar refractivity (Wildman–Crippen MR) is 96.2 cm³/mol. The normalized spacial score (nSPS) is 33.3. The second-order valence-corrected chi connectivity index (χ2v) is 7.62. The molecule has 0 radical (unpaired) electrons. The number of nitrogens with two attached hydrogens (primary N) is 1. The van der Waals surface area contributed by atoms with Crippen molar-refractivity contribution in [3.63, 3.8) is 0 Å². The molecule has 0 aromatic heterocycles. The number of carbonyl (C=O) groups is 4. The van der Waals surface area contributed by atoms with Crippen molar-refractivity contribution in [2.75, 3.05) is 20.3 Å². The van der Waals surface area contributed by atoms with Crippen molar-refractivity contribution in [2.45, 2.75) is 37.7 Å². The Kier molecular flexibility index (Phi) is 4.21. The monoisotopic (exact) mass is 406 g/mol. The van der Waals surface area contributed by atoms with Crippen molar-refractivity contribution >= 4 is 23.6 Å². The summed E-state index contributed by atoms with van der Waals surface area (Å²) in [7, 11) is 1.48. The molecule has 2 fully saturated rings. The van der Waals surface area contributed by atoms with Crippen LogP contribution in [0.4, 0.5) is 4.79 Å². The molecule has 0 saturated carbocycles. The molecule has 2 saturated heterocycles. The molecule has 0 aromatic rings. The lowest BCUT2D eigenvalue weighted by Crippen LogP contribution is -2.55. The number of carbonyl (C=O) groups excluding carboxylic acids is 3. The molecular formula is C18H22N4O7. The number of hydrogen-bond donors (Lipinski definition) is 4. The van der Waals surface area contributed by atoms with Crippen molar-refractivity contribution in [3.8, 4) is 0 Å². The van der Waals surface area contributed by atoms with Gasteiger partial charge < -0.3 is 35.8 Å². The van der Waals surface area contributed by atoms with E-state index in [2.05, 4.69) is 10.6 Å². The van der Waals surface area contributed by atoms with Gasteiger partial charge in [-0.25, -0.2) is 4.79 Å². The lowest BCUT2D eigenvalue weighted by atomic mass is 9.82. The Morgan fingerprint density at radius 1 is 1.41 bits per heavy atom. The number of carboxylic acids is 1. The summed E-state index contributed by atoms with van der Waals surface area (Å²) >= 11 is 0. The Labute approximate surface area is 165 Å². The summed E-state index contributed by atoms with van der Waals surface area (Å²) in [6, 6.07) is -1.13. The number of piperazine rings is 1. The lowest BCUT2D eigenvalue weighted by Gasteiger charge is -2.39. The summed E-state index contributed by atoms with van der Waals surface area (Å²) in [6.07, 6.45) is -1.01. The third kappa shape index (κ3) is 2.50. The highest BCUT2D eigenvalue weighted by molar-refractivity contribution is 6.25. The van der Waals surface area contributed by atoms with Gasteiger partial charge in [-0.3, -0.25) is 14.4 Å². The standard InChI is InChI=1S/C18H22N4O7/c1-6-11(20-7(2)16(25)26)14(24)10-8(5-29-17(19)27)18(28-3)15-9(21-15)4-22(18)12(10)13(6)23/h7-9,15,20-21H,4-5H2,1-3H3,(H2,19,27)(H,25,26)/t7?,8?,9?,15?,18-/m1/s1. The van der Waals surface area contributed by atoms with Gasteiger partial charge in [-0.05, 0) is 13.8 Å². The average molecular weight is 406 g/mol. The Bertz CT molecular complexity index is 910. The minimum atomic E-state index is -1.16. The average Bonchev–Trinajstić information content (AvgIpc) is 3.27. The van der Waals surface area contributed by atoms with Crippen molar-refractivity contribution < 1.29 is 33.8 Å². The molecule has 3 aliphatic heterocycles. The Hall–Kier alpha value is -2.92. The molecule has 1 aliphatic carbocycles. The Morgan fingerprint density at radius 3 is 2.69 bits per heavy atom. The van der Waals surface area contributed by atoms with E-state index in [1.54, 1.807) is 4.90 Å². The highest BCUT2D eigenvalue weighted by Gasteiger charge is 2.72. The van der Waals surface area contributed by atoms with Crippen molar-refractivity contribution in [2.24, 2.45) is 11.7 Å². The molecule has 3 heterocycles.